The van der Waals surface area contributed by atoms with Crippen LogP contribution in [0.4, 0.5) is 0 Å². The molecular weight excluding hydrogens is 202 g/mol. The van der Waals surface area contributed by atoms with Crippen molar-refractivity contribution in [2.45, 2.75) is 46.1 Å². The third-order valence-corrected chi connectivity index (χ3v) is 2.74. The molecule has 0 aliphatic heterocycles. The van der Waals surface area contributed by atoms with Crippen molar-refractivity contribution in [1.82, 2.24) is 25.5 Å². The summed E-state index contributed by atoms with van der Waals surface area (Å²) in [6.07, 6.45) is 3.20. The second-order valence-corrected chi connectivity index (χ2v) is 4.50. The molecule has 0 saturated heterocycles. The smallest absolute Gasteiger partial charge is 0.174 e. The molecule has 0 bridgehead atoms. The maximum Gasteiger partial charge on any atom is 0.174 e. The molecule has 0 aliphatic carbocycles. The van der Waals surface area contributed by atoms with Gasteiger partial charge in [0.15, 0.2) is 5.82 Å². The lowest BCUT2D eigenvalue weighted by atomic mass is 9.98. The van der Waals surface area contributed by atoms with E-state index in [9.17, 15) is 0 Å². The zero-order valence-electron chi connectivity index (χ0n) is 10.8. The van der Waals surface area contributed by atoms with Gasteiger partial charge in [0, 0.05) is 12.5 Å². The van der Waals surface area contributed by atoms with Crippen LogP contribution >= 0.6 is 0 Å². The Morgan fingerprint density at radius 2 is 2.12 bits per heavy atom. The van der Waals surface area contributed by atoms with E-state index in [1.807, 2.05) is 0 Å². The molecule has 5 nitrogen and oxygen atoms in total. The fourth-order valence-corrected chi connectivity index (χ4v) is 1.84. The highest BCUT2D eigenvalue weighted by molar-refractivity contribution is 4.78. The fourth-order valence-electron chi connectivity index (χ4n) is 1.84. The number of hydrogen-bond donors (Lipinski definition) is 1. The molecular formula is C11H23N5. The van der Waals surface area contributed by atoms with E-state index in [1.54, 1.807) is 7.05 Å². The first kappa shape index (κ1) is 13.1. The van der Waals surface area contributed by atoms with Gasteiger partial charge >= 0.3 is 0 Å². The van der Waals surface area contributed by atoms with Gasteiger partial charge in [-0.2, -0.15) is 4.80 Å². The van der Waals surface area contributed by atoms with E-state index in [4.69, 9.17) is 0 Å². The molecule has 1 heterocycles. The van der Waals surface area contributed by atoms with Crippen LogP contribution < -0.4 is 5.32 Å². The summed E-state index contributed by atoms with van der Waals surface area (Å²) in [6.45, 7) is 7.70. The van der Waals surface area contributed by atoms with Crippen molar-refractivity contribution < 1.29 is 0 Å². The Balaban J connectivity index is 2.27. The van der Waals surface area contributed by atoms with Crippen molar-refractivity contribution in [3.8, 4) is 0 Å². The summed E-state index contributed by atoms with van der Waals surface area (Å²) in [6, 6.07) is 0.599. The van der Waals surface area contributed by atoms with Crippen LogP contribution in [0.1, 0.15) is 39.4 Å². The predicted octanol–water partition coefficient (Wildman–Crippen LogP) is 1.17. The summed E-state index contributed by atoms with van der Waals surface area (Å²) < 4.78 is 0. The van der Waals surface area contributed by atoms with E-state index in [0.29, 0.717) is 12.0 Å². The molecule has 92 valence electrons. The SMILES string of the molecule is CCNC(CCCc1nnn(C)n1)C(C)C. The van der Waals surface area contributed by atoms with Gasteiger partial charge in [-0.15, -0.1) is 10.2 Å². The monoisotopic (exact) mass is 225 g/mol. The van der Waals surface area contributed by atoms with Gasteiger partial charge in [0.1, 0.15) is 0 Å². The van der Waals surface area contributed by atoms with E-state index in [0.717, 1.165) is 25.2 Å². The van der Waals surface area contributed by atoms with E-state index in [1.165, 1.54) is 11.2 Å². The Labute approximate surface area is 97.6 Å². The molecule has 1 unspecified atom stereocenters. The standard InChI is InChI=1S/C11H23N5/c1-5-12-10(9(2)3)7-6-8-11-13-15-16(4)14-11/h9-10,12H,5-8H2,1-4H3. The largest absolute Gasteiger partial charge is 0.314 e. The average Bonchev–Trinajstić information content (AvgIpc) is 2.63. The second kappa shape index (κ2) is 6.58. The minimum Gasteiger partial charge on any atom is -0.314 e. The summed E-state index contributed by atoms with van der Waals surface area (Å²) in [5.41, 5.74) is 0. The van der Waals surface area contributed by atoms with Gasteiger partial charge in [0.2, 0.25) is 0 Å². The number of nitrogens with one attached hydrogen (secondary N) is 1. The summed E-state index contributed by atoms with van der Waals surface area (Å²) in [7, 11) is 1.80. The lowest BCUT2D eigenvalue weighted by Gasteiger charge is -2.21. The van der Waals surface area contributed by atoms with E-state index < -0.39 is 0 Å². The molecule has 0 aromatic carbocycles. The number of tetrazole rings is 1. The molecule has 0 saturated carbocycles. The highest BCUT2D eigenvalue weighted by Gasteiger charge is 2.11. The molecule has 16 heavy (non-hydrogen) atoms. The number of aryl methyl sites for hydroxylation is 2. The van der Waals surface area contributed by atoms with Gasteiger partial charge in [-0.25, -0.2) is 0 Å². The summed E-state index contributed by atoms with van der Waals surface area (Å²) in [5.74, 6) is 1.52. The number of aromatic nitrogens is 4. The second-order valence-electron chi connectivity index (χ2n) is 4.50. The Morgan fingerprint density at radius 1 is 1.38 bits per heavy atom. The molecule has 1 atom stereocenters. The minimum atomic E-state index is 0.599. The van der Waals surface area contributed by atoms with Gasteiger partial charge in [-0.1, -0.05) is 20.8 Å². The van der Waals surface area contributed by atoms with Gasteiger partial charge in [0.05, 0.1) is 7.05 Å². The molecule has 0 fully saturated rings. The van der Waals surface area contributed by atoms with Crippen molar-refractivity contribution in [3.63, 3.8) is 0 Å². The number of hydrogen-bond acceptors (Lipinski definition) is 4. The first-order valence-electron chi connectivity index (χ1n) is 6.09. The van der Waals surface area contributed by atoms with E-state index in [-0.39, 0.29) is 0 Å². The first-order chi connectivity index (χ1) is 7.63. The Morgan fingerprint density at radius 3 is 2.62 bits per heavy atom. The molecule has 0 spiro atoms. The number of rotatable bonds is 7. The molecule has 0 aliphatic rings. The minimum absolute atomic E-state index is 0.599. The number of nitrogens with zero attached hydrogens (tertiary/aromatic N) is 4. The van der Waals surface area contributed by atoms with Gasteiger partial charge in [-0.3, -0.25) is 0 Å². The molecule has 1 aromatic heterocycles. The van der Waals surface area contributed by atoms with Gasteiger partial charge in [0.25, 0.3) is 0 Å². The fraction of sp³-hybridized carbons (Fsp3) is 0.909. The van der Waals surface area contributed by atoms with Gasteiger partial charge < -0.3 is 5.32 Å². The predicted molar refractivity (Wildman–Crippen MR) is 64.0 cm³/mol. The van der Waals surface area contributed by atoms with Crippen molar-refractivity contribution >= 4 is 0 Å². The Hall–Kier alpha value is -0.970. The highest BCUT2D eigenvalue weighted by Crippen LogP contribution is 2.10. The topological polar surface area (TPSA) is 55.6 Å². The van der Waals surface area contributed by atoms with Crippen LogP contribution in [0.15, 0.2) is 0 Å². The summed E-state index contributed by atoms with van der Waals surface area (Å²) in [5, 5.41) is 15.5. The highest BCUT2D eigenvalue weighted by atomic mass is 15.6. The van der Waals surface area contributed by atoms with Crippen molar-refractivity contribution in [3.05, 3.63) is 5.82 Å². The maximum atomic E-state index is 4.17. The van der Waals surface area contributed by atoms with Crippen LogP contribution in [-0.2, 0) is 13.5 Å². The van der Waals surface area contributed by atoms with Crippen LogP contribution in [-0.4, -0.2) is 32.8 Å². The molecule has 0 amide bonds. The lowest BCUT2D eigenvalue weighted by Crippen LogP contribution is -2.33. The van der Waals surface area contributed by atoms with Crippen LogP contribution in [0.25, 0.3) is 0 Å². The normalized spacial score (nSPS) is 13.3. The Kier molecular flexibility index (Phi) is 5.38. The van der Waals surface area contributed by atoms with Crippen LogP contribution in [0.2, 0.25) is 0 Å². The zero-order valence-corrected chi connectivity index (χ0v) is 10.8. The van der Waals surface area contributed by atoms with Crippen molar-refractivity contribution in [2.75, 3.05) is 6.54 Å². The summed E-state index contributed by atoms with van der Waals surface area (Å²) in [4.78, 5) is 1.51. The first-order valence-corrected chi connectivity index (χ1v) is 6.09. The third-order valence-electron chi connectivity index (χ3n) is 2.74. The molecule has 0 radical (unpaired) electrons. The van der Waals surface area contributed by atoms with Crippen molar-refractivity contribution in [2.24, 2.45) is 13.0 Å². The van der Waals surface area contributed by atoms with Gasteiger partial charge in [-0.05, 0) is 30.5 Å². The summed E-state index contributed by atoms with van der Waals surface area (Å²) >= 11 is 0. The van der Waals surface area contributed by atoms with Crippen LogP contribution in [0.3, 0.4) is 0 Å². The average molecular weight is 225 g/mol. The molecule has 1 aromatic rings. The van der Waals surface area contributed by atoms with Crippen LogP contribution in [0.5, 0.6) is 0 Å². The van der Waals surface area contributed by atoms with E-state index in [2.05, 4.69) is 41.5 Å². The van der Waals surface area contributed by atoms with Crippen LogP contribution in [0, 0.1) is 5.92 Å². The lowest BCUT2D eigenvalue weighted by molar-refractivity contribution is 0.376. The molecule has 1 rings (SSSR count). The van der Waals surface area contributed by atoms with E-state index >= 15 is 0 Å². The molecule has 5 heteroatoms. The van der Waals surface area contributed by atoms with Crippen molar-refractivity contribution in [1.29, 1.82) is 0 Å². The molecule has 1 N–H and O–H groups in total. The Bertz CT molecular complexity index is 294. The third kappa shape index (κ3) is 4.26. The quantitative estimate of drug-likeness (QED) is 0.756. The zero-order chi connectivity index (χ0) is 12.0. The maximum absolute atomic E-state index is 4.17.